The van der Waals surface area contributed by atoms with Crippen molar-refractivity contribution in [3.05, 3.63) is 72.3 Å². The summed E-state index contributed by atoms with van der Waals surface area (Å²) in [4.78, 5) is 38.1. The van der Waals surface area contributed by atoms with Crippen LogP contribution in [0, 0.1) is 5.92 Å². The van der Waals surface area contributed by atoms with Gasteiger partial charge in [0.1, 0.15) is 12.6 Å². The first-order valence-corrected chi connectivity index (χ1v) is 11.2. The molecule has 33 heavy (non-hydrogen) atoms. The Morgan fingerprint density at radius 2 is 1.76 bits per heavy atom. The average Bonchev–Trinajstić information content (AvgIpc) is 3.39. The number of nitrogens with one attached hydrogen (secondary N) is 1. The minimum absolute atomic E-state index is 0.0374. The Morgan fingerprint density at radius 3 is 2.36 bits per heavy atom. The third kappa shape index (κ3) is 4.92. The van der Waals surface area contributed by atoms with Crippen LogP contribution in [-0.2, 0) is 14.3 Å². The second-order valence-electron chi connectivity index (χ2n) is 8.58. The summed E-state index contributed by atoms with van der Waals surface area (Å²) in [6, 6.07) is 15.4. The number of fused-ring (bicyclic) bond motifs is 3. The van der Waals surface area contributed by atoms with Crippen LogP contribution in [0.4, 0.5) is 4.79 Å². The number of aliphatic carboxylic acids is 1. The van der Waals surface area contributed by atoms with Crippen LogP contribution in [0.25, 0.3) is 11.1 Å². The molecule has 0 saturated carbocycles. The lowest BCUT2D eigenvalue weighted by Crippen LogP contribution is -2.48. The van der Waals surface area contributed by atoms with Crippen LogP contribution in [-0.4, -0.2) is 53.7 Å². The summed E-state index contributed by atoms with van der Waals surface area (Å²) in [7, 11) is 0. The number of carboxylic acid groups (broad SMARTS) is 1. The summed E-state index contributed by atoms with van der Waals surface area (Å²) in [5.41, 5.74) is 4.53. The lowest BCUT2D eigenvalue weighted by molar-refractivity contribution is -0.138. The first-order chi connectivity index (χ1) is 16.0. The highest BCUT2D eigenvalue weighted by molar-refractivity contribution is 5.86. The van der Waals surface area contributed by atoms with E-state index in [1.165, 1.54) is 0 Å². The molecule has 2 aromatic carbocycles. The predicted octanol–water partition coefficient (Wildman–Crippen LogP) is 3.79. The van der Waals surface area contributed by atoms with Crippen LogP contribution >= 0.6 is 0 Å². The molecule has 2 aromatic rings. The highest BCUT2D eigenvalue weighted by Gasteiger charge is 2.33. The monoisotopic (exact) mass is 448 g/mol. The third-order valence-electron chi connectivity index (χ3n) is 6.40. The van der Waals surface area contributed by atoms with Gasteiger partial charge in [-0.1, -0.05) is 54.6 Å². The average molecular weight is 449 g/mol. The molecule has 1 fully saturated rings. The van der Waals surface area contributed by atoms with Crippen LogP contribution < -0.4 is 5.32 Å². The third-order valence-corrected chi connectivity index (χ3v) is 6.40. The number of carbonyl (C=O) groups is 3. The van der Waals surface area contributed by atoms with Gasteiger partial charge in [-0.2, -0.15) is 0 Å². The maximum absolute atomic E-state index is 13.0. The van der Waals surface area contributed by atoms with Crippen LogP contribution in [0.5, 0.6) is 0 Å². The van der Waals surface area contributed by atoms with Gasteiger partial charge >= 0.3 is 12.1 Å². The summed E-state index contributed by atoms with van der Waals surface area (Å²) < 4.78 is 5.57. The predicted molar refractivity (Wildman–Crippen MR) is 124 cm³/mol. The van der Waals surface area contributed by atoms with Crippen LogP contribution in [0.2, 0.25) is 0 Å². The molecule has 1 heterocycles. The molecule has 2 unspecified atom stereocenters. The van der Waals surface area contributed by atoms with Gasteiger partial charge in [0.15, 0.2) is 0 Å². The van der Waals surface area contributed by atoms with Gasteiger partial charge in [0, 0.05) is 25.4 Å². The highest BCUT2D eigenvalue weighted by Crippen LogP contribution is 2.44. The minimum Gasteiger partial charge on any atom is -0.481 e. The molecule has 2 aliphatic rings. The van der Waals surface area contributed by atoms with E-state index in [9.17, 15) is 14.4 Å². The molecule has 1 aliphatic heterocycles. The van der Waals surface area contributed by atoms with Crippen molar-refractivity contribution in [3.63, 3.8) is 0 Å². The topological polar surface area (TPSA) is 95.9 Å². The summed E-state index contributed by atoms with van der Waals surface area (Å²) in [5.74, 6) is -1.23. The Morgan fingerprint density at radius 1 is 1.12 bits per heavy atom. The molecule has 0 radical (unpaired) electrons. The molecule has 0 aromatic heterocycles. The Labute approximate surface area is 193 Å². The van der Waals surface area contributed by atoms with Gasteiger partial charge in [0.05, 0.1) is 0 Å². The number of benzene rings is 2. The maximum atomic E-state index is 13.0. The molecule has 0 bridgehead atoms. The number of nitrogens with zero attached hydrogens (tertiary/aromatic N) is 1. The lowest BCUT2D eigenvalue weighted by atomic mass is 9.98. The number of alkyl carbamates (subject to hydrolysis) is 1. The van der Waals surface area contributed by atoms with E-state index < -0.39 is 18.1 Å². The van der Waals surface area contributed by atoms with Crippen molar-refractivity contribution in [1.82, 2.24) is 10.2 Å². The number of carboxylic acids is 1. The summed E-state index contributed by atoms with van der Waals surface area (Å²) in [5, 5.41) is 11.7. The smallest absolute Gasteiger partial charge is 0.407 e. The van der Waals surface area contributed by atoms with Crippen molar-refractivity contribution in [1.29, 1.82) is 0 Å². The summed E-state index contributed by atoms with van der Waals surface area (Å²) in [6.45, 7) is 4.72. The normalized spacial score (nSPS) is 17.7. The zero-order valence-corrected chi connectivity index (χ0v) is 18.4. The number of carbonyl (C=O) groups excluding carboxylic acids is 2. The zero-order chi connectivity index (χ0) is 23.4. The van der Waals surface area contributed by atoms with Crippen LogP contribution in [0.3, 0.4) is 0 Å². The van der Waals surface area contributed by atoms with E-state index in [2.05, 4.69) is 24.0 Å². The molecule has 4 rings (SSSR count). The molecule has 172 valence electrons. The van der Waals surface area contributed by atoms with Gasteiger partial charge in [0.2, 0.25) is 5.91 Å². The van der Waals surface area contributed by atoms with Crippen LogP contribution in [0.15, 0.2) is 61.2 Å². The maximum Gasteiger partial charge on any atom is 0.407 e. The Balaban J connectivity index is 1.38. The fourth-order valence-corrected chi connectivity index (χ4v) is 4.84. The highest BCUT2D eigenvalue weighted by atomic mass is 16.5. The van der Waals surface area contributed by atoms with Crippen molar-refractivity contribution in [2.75, 3.05) is 19.7 Å². The van der Waals surface area contributed by atoms with Crippen molar-refractivity contribution >= 4 is 18.0 Å². The van der Waals surface area contributed by atoms with Crippen LogP contribution in [0.1, 0.15) is 36.3 Å². The molecule has 7 heteroatoms. The summed E-state index contributed by atoms with van der Waals surface area (Å²) >= 11 is 0. The number of rotatable bonds is 8. The minimum atomic E-state index is -0.867. The van der Waals surface area contributed by atoms with Gasteiger partial charge < -0.3 is 20.1 Å². The molecule has 0 spiro atoms. The Bertz CT molecular complexity index is 1020. The van der Waals surface area contributed by atoms with Crippen molar-refractivity contribution in [2.45, 2.75) is 31.2 Å². The first-order valence-electron chi connectivity index (χ1n) is 11.2. The van der Waals surface area contributed by atoms with E-state index >= 15 is 0 Å². The SMILES string of the molecule is C=CCC(NC(=O)OCC1c2ccccc2-c2ccccc21)C(=O)N1CCC(CC(=O)O)C1. The van der Waals surface area contributed by atoms with E-state index in [1.54, 1.807) is 11.0 Å². The number of hydrogen-bond donors (Lipinski definition) is 2. The number of ether oxygens (including phenoxy) is 1. The van der Waals surface area contributed by atoms with Gasteiger partial charge in [-0.25, -0.2) is 4.79 Å². The standard InChI is InChI=1S/C26H28N2O5/c1-2-7-23(25(31)28-13-12-17(15-28)14-24(29)30)27-26(32)33-16-22-20-10-5-3-8-18(20)19-9-4-6-11-21(19)22/h2-6,8-11,17,22-23H,1,7,12-16H2,(H,27,32)(H,29,30). The Hall–Kier alpha value is -3.61. The molecule has 7 nitrogen and oxygen atoms in total. The van der Waals surface area contributed by atoms with E-state index in [0.29, 0.717) is 19.5 Å². The second-order valence-corrected chi connectivity index (χ2v) is 8.58. The fourth-order valence-electron chi connectivity index (χ4n) is 4.84. The molecular weight excluding hydrogens is 420 g/mol. The van der Waals surface area contributed by atoms with E-state index in [4.69, 9.17) is 9.84 Å². The first kappa shape index (κ1) is 22.6. The van der Waals surface area contributed by atoms with E-state index in [-0.39, 0.29) is 37.2 Å². The number of likely N-dealkylation sites (tertiary alicyclic amines) is 1. The lowest BCUT2D eigenvalue weighted by Gasteiger charge is -2.24. The molecule has 1 aliphatic carbocycles. The van der Waals surface area contributed by atoms with Gasteiger partial charge in [-0.15, -0.1) is 6.58 Å². The quantitative estimate of drug-likeness (QED) is 0.599. The molecule has 2 N–H and O–H groups in total. The zero-order valence-electron chi connectivity index (χ0n) is 18.4. The molecule has 1 saturated heterocycles. The fraction of sp³-hybridized carbons (Fsp3) is 0.346. The summed E-state index contributed by atoms with van der Waals surface area (Å²) in [6.07, 6.45) is 1.87. The molecule has 2 atom stereocenters. The van der Waals surface area contributed by atoms with Gasteiger partial charge in [0.25, 0.3) is 0 Å². The van der Waals surface area contributed by atoms with Crippen molar-refractivity contribution in [3.8, 4) is 11.1 Å². The van der Waals surface area contributed by atoms with Crippen molar-refractivity contribution in [2.24, 2.45) is 5.92 Å². The molecule has 2 amide bonds. The Kier molecular flexibility index (Phi) is 6.77. The second kappa shape index (κ2) is 9.90. The van der Waals surface area contributed by atoms with E-state index in [1.807, 2.05) is 36.4 Å². The number of amides is 2. The molecular formula is C26H28N2O5. The number of hydrogen-bond acceptors (Lipinski definition) is 4. The largest absolute Gasteiger partial charge is 0.481 e. The van der Waals surface area contributed by atoms with Crippen molar-refractivity contribution < 1.29 is 24.2 Å². The van der Waals surface area contributed by atoms with E-state index in [0.717, 1.165) is 22.3 Å². The van der Waals surface area contributed by atoms with Gasteiger partial charge in [-0.3, -0.25) is 9.59 Å². The van der Waals surface area contributed by atoms with Gasteiger partial charge in [-0.05, 0) is 41.0 Å².